The van der Waals surface area contributed by atoms with Gasteiger partial charge in [0.05, 0.1) is 17.7 Å². The molecule has 0 saturated heterocycles. The number of aliphatic carboxylic acids is 1. The van der Waals surface area contributed by atoms with Gasteiger partial charge < -0.3 is 9.67 Å². The van der Waals surface area contributed by atoms with E-state index in [9.17, 15) is 19.5 Å². The van der Waals surface area contributed by atoms with Crippen LogP contribution < -0.4 is 17.0 Å². The van der Waals surface area contributed by atoms with Gasteiger partial charge in [-0.25, -0.2) is 19.1 Å². The summed E-state index contributed by atoms with van der Waals surface area (Å²) in [5, 5.41) is 10.7. The van der Waals surface area contributed by atoms with Crippen molar-refractivity contribution in [3.8, 4) is 0 Å². The minimum Gasteiger partial charge on any atom is -0.480 e. The molecule has 33 heavy (non-hydrogen) atoms. The van der Waals surface area contributed by atoms with E-state index in [1.54, 1.807) is 47.9 Å². The molecule has 0 aliphatic heterocycles. The molecule has 0 fully saturated rings. The third kappa shape index (κ3) is 4.54. The number of aromatic amines is 1. The average Bonchev–Trinajstić information content (AvgIpc) is 3.06. The zero-order chi connectivity index (χ0) is 23.7. The topological polar surface area (TPSA) is 114 Å². The van der Waals surface area contributed by atoms with Crippen molar-refractivity contribution >= 4 is 34.2 Å². The second-order valence-electron chi connectivity index (χ2n) is 7.61. The third-order valence-electron chi connectivity index (χ3n) is 5.37. The van der Waals surface area contributed by atoms with Crippen LogP contribution in [0.2, 0.25) is 5.02 Å². The van der Waals surface area contributed by atoms with Crippen LogP contribution >= 0.6 is 11.6 Å². The first-order chi connectivity index (χ1) is 15.8. The second-order valence-corrected chi connectivity index (χ2v) is 8.05. The summed E-state index contributed by atoms with van der Waals surface area (Å²) in [6.07, 6.45) is 0. The summed E-state index contributed by atoms with van der Waals surface area (Å²) in [4.78, 5) is 44.0. The van der Waals surface area contributed by atoms with Gasteiger partial charge in [-0.2, -0.15) is 0 Å². The summed E-state index contributed by atoms with van der Waals surface area (Å²) < 4.78 is 4.16. The molecule has 0 saturated carbocycles. The molecule has 0 atom stereocenters. The molecule has 10 heteroatoms. The monoisotopic (exact) mass is 467 g/mol. The number of aryl methyl sites for hydroxylation is 1. The first-order valence-corrected chi connectivity index (χ1v) is 10.7. The SMILES string of the molecule is CCn1c(=O)[nH]/c(=N\c2ccc3cc(C)n(CC(=O)O)c3c2)n(Cc2ccc(Cl)cc2)c1=O. The fourth-order valence-electron chi connectivity index (χ4n) is 3.75. The largest absolute Gasteiger partial charge is 0.480 e. The van der Waals surface area contributed by atoms with Gasteiger partial charge in [-0.15, -0.1) is 0 Å². The van der Waals surface area contributed by atoms with Crippen molar-refractivity contribution in [2.75, 3.05) is 0 Å². The molecule has 0 aliphatic carbocycles. The van der Waals surface area contributed by atoms with Crippen LogP contribution in [0.4, 0.5) is 5.69 Å². The maximum atomic E-state index is 13.0. The second kappa shape index (κ2) is 8.95. The number of carboxylic acids is 1. The standard InChI is InChI=1S/C23H22ClN5O4/c1-3-27-22(32)26-21(29(23(27)33)12-15-4-7-17(24)8-5-15)25-18-9-6-16-10-14(2)28(13-20(30)31)19(16)11-18/h4-11H,3,12-13H2,1-2H3,(H,30,31)(H,25,26,32). The summed E-state index contributed by atoms with van der Waals surface area (Å²) in [6, 6.07) is 14.3. The molecular weight excluding hydrogens is 446 g/mol. The molecule has 2 aromatic carbocycles. The highest BCUT2D eigenvalue weighted by Crippen LogP contribution is 2.24. The van der Waals surface area contributed by atoms with Crippen LogP contribution in [0.25, 0.3) is 10.9 Å². The summed E-state index contributed by atoms with van der Waals surface area (Å²) in [5.41, 5.74) is 1.85. The van der Waals surface area contributed by atoms with Crippen LogP contribution in [0.15, 0.2) is 63.1 Å². The summed E-state index contributed by atoms with van der Waals surface area (Å²) in [5.74, 6) is -0.953. The van der Waals surface area contributed by atoms with Gasteiger partial charge in [-0.1, -0.05) is 29.8 Å². The van der Waals surface area contributed by atoms with Gasteiger partial charge in [-0.05, 0) is 49.7 Å². The zero-order valence-corrected chi connectivity index (χ0v) is 18.8. The van der Waals surface area contributed by atoms with Gasteiger partial charge in [0.25, 0.3) is 0 Å². The highest BCUT2D eigenvalue weighted by Gasteiger charge is 2.11. The first-order valence-electron chi connectivity index (χ1n) is 10.3. The van der Waals surface area contributed by atoms with E-state index in [1.165, 1.54) is 4.57 Å². The Balaban J connectivity index is 1.90. The maximum absolute atomic E-state index is 13.0. The molecule has 4 aromatic rings. The molecule has 2 aromatic heterocycles. The normalized spacial score (nSPS) is 11.9. The molecule has 170 valence electrons. The fourth-order valence-corrected chi connectivity index (χ4v) is 3.88. The number of nitrogens with zero attached hydrogens (tertiary/aromatic N) is 4. The molecular formula is C23H22ClN5O4. The molecule has 2 N–H and O–H groups in total. The maximum Gasteiger partial charge on any atom is 0.335 e. The third-order valence-corrected chi connectivity index (χ3v) is 5.63. The number of carbonyl (C=O) groups is 1. The van der Waals surface area contributed by atoms with Crippen LogP contribution in [0, 0.1) is 6.92 Å². The fraction of sp³-hybridized carbons (Fsp3) is 0.217. The highest BCUT2D eigenvalue weighted by atomic mass is 35.5. The van der Waals surface area contributed by atoms with Crippen LogP contribution in [0.3, 0.4) is 0 Å². The van der Waals surface area contributed by atoms with Crippen LogP contribution in [-0.4, -0.2) is 29.8 Å². The summed E-state index contributed by atoms with van der Waals surface area (Å²) in [6.45, 7) is 3.76. The lowest BCUT2D eigenvalue weighted by molar-refractivity contribution is -0.137. The molecule has 0 bridgehead atoms. The van der Waals surface area contributed by atoms with Gasteiger partial charge >= 0.3 is 17.3 Å². The molecule has 0 unspecified atom stereocenters. The average molecular weight is 468 g/mol. The van der Waals surface area contributed by atoms with Gasteiger partial charge in [0.15, 0.2) is 0 Å². The predicted molar refractivity (Wildman–Crippen MR) is 125 cm³/mol. The number of benzene rings is 2. The van der Waals surface area contributed by atoms with Crippen LogP contribution in [0.5, 0.6) is 0 Å². The molecule has 0 amide bonds. The van der Waals surface area contributed by atoms with Crippen molar-refractivity contribution in [3.63, 3.8) is 0 Å². The number of carboxylic acid groups (broad SMARTS) is 1. The van der Waals surface area contributed by atoms with Crippen molar-refractivity contribution in [2.45, 2.75) is 33.5 Å². The number of halogens is 1. The summed E-state index contributed by atoms with van der Waals surface area (Å²) in [7, 11) is 0. The van der Waals surface area contributed by atoms with Gasteiger partial charge in [0.1, 0.15) is 6.54 Å². The number of H-pyrrole nitrogens is 1. The van der Waals surface area contributed by atoms with Gasteiger partial charge in [0.2, 0.25) is 5.62 Å². The Kier molecular flexibility index (Phi) is 6.06. The minimum atomic E-state index is -0.953. The smallest absolute Gasteiger partial charge is 0.335 e. The molecule has 4 rings (SSSR count). The van der Waals surface area contributed by atoms with Crippen molar-refractivity contribution in [1.82, 2.24) is 18.7 Å². The Bertz CT molecular complexity index is 1540. The minimum absolute atomic E-state index is 0.0945. The zero-order valence-electron chi connectivity index (χ0n) is 18.1. The van der Waals surface area contributed by atoms with E-state index in [1.807, 2.05) is 19.1 Å². The van der Waals surface area contributed by atoms with Crippen LogP contribution in [0.1, 0.15) is 18.2 Å². The number of aromatic nitrogens is 4. The van der Waals surface area contributed by atoms with Crippen molar-refractivity contribution < 1.29 is 9.90 Å². The number of rotatable bonds is 6. The lowest BCUT2D eigenvalue weighted by Crippen LogP contribution is -2.49. The first kappa shape index (κ1) is 22.3. The Morgan fingerprint density at radius 3 is 2.45 bits per heavy atom. The molecule has 0 spiro atoms. The van der Waals surface area contributed by atoms with E-state index in [0.717, 1.165) is 21.2 Å². The Hall–Kier alpha value is -3.85. The van der Waals surface area contributed by atoms with Gasteiger partial charge in [-0.3, -0.25) is 14.3 Å². The van der Waals surface area contributed by atoms with Gasteiger partial charge in [0, 0.05) is 22.6 Å². The summed E-state index contributed by atoms with van der Waals surface area (Å²) >= 11 is 5.97. The molecule has 0 radical (unpaired) electrons. The van der Waals surface area contributed by atoms with E-state index in [2.05, 4.69) is 9.98 Å². The molecule has 0 aliphatic rings. The van der Waals surface area contributed by atoms with Crippen molar-refractivity contribution in [2.24, 2.45) is 4.99 Å². The van der Waals surface area contributed by atoms with Crippen LogP contribution in [-0.2, 0) is 24.4 Å². The molecule has 2 heterocycles. The van der Waals surface area contributed by atoms with E-state index in [4.69, 9.17) is 11.6 Å². The Labute approximate surface area is 192 Å². The van der Waals surface area contributed by atoms with Crippen molar-refractivity contribution in [1.29, 1.82) is 0 Å². The van der Waals surface area contributed by atoms with E-state index >= 15 is 0 Å². The Morgan fingerprint density at radius 2 is 1.79 bits per heavy atom. The van der Waals surface area contributed by atoms with E-state index in [0.29, 0.717) is 16.2 Å². The van der Waals surface area contributed by atoms with Crippen molar-refractivity contribution in [3.05, 3.63) is 91.4 Å². The van der Waals surface area contributed by atoms with E-state index < -0.39 is 17.3 Å². The number of hydrogen-bond donors (Lipinski definition) is 2. The lowest BCUT2D eigenvalue weighted by Gasteiger charge is -2.10. The lowest BCUT2D eigenvalue weighted by atomic mass is 10.2. The van der Waals surface area contributed by atoms with E-state index in [-0.39, 0.29) is 25.3 Å². The quantitative estimate of drug-likeness (QED) is 0.453. The number of nitrogens with one attached hydrogen (secondary N) is 1. The number of hydrogen-bond acceptors (Lipinski definition) is 4. The molecule has 9 nitrogen and oxygen atoms in total. The highest BCUT2D eigenvalue weighted by molar-refractivity contribution is 6.30. The number of fused-ring (bicyclic) bond motifs is 1. The predicted octanol–water partition coefficient (Wildman–Crippen LogP) is 2.64. The Morgan fingerprint density at radius 1 is 1.06 bits per heavy atom.